The predicted molar refractivity (Wildman–Crippen MR) is 127 cm³/mol. The van der Waals surface area contributed by atoms with Crippen molar-refractivity contribution in [3.8, 4) is 17.3 Å². The average Bonchev–Trinajstić information content (AvgIpc) is 3.43. The minimum Gasteiger partial charge on any atom is -0.473 e. The van der Waals surface area contributed by atoms with Gasteiger partial charge in [0.25, 0.3) is 0 Å². The first-order valence-electron chi connectivity index (χ1n) is 13.3. The minimum atomic E-state index is 0.287. The molecule has 1 aliphatic heterocycles. The molecular formula is C27H37N5O. The molecule has 176 valence electrons. The fraction of sp³-hybridized carbons (Fsp3) is 0.741. The molecule has 0 amide bonds. The molecule has 6 aliphatic rings. The van der Waals surface area contributed by atoms with Gasteiger partial charge in [-0.25, -0.2) is 0 Å². The maximum atomic E-state index is 6.44. The van der Waals surface area contributed by atoms with Crippen molar-refractivity contribution in [2.24, 2.45) is 42.1 Å². The molecule has 0 spiro atoms. The van der Waals surface area contributed by atoms with Crippen LogP contribution in [0.4, 0.5) is 0 Å². The SMILES string of the molecule is Cc1cnn(C)c1-c1ccc(OC2CCC3CN(CC45CC6CC(CC(C6)C4)C5)CC32)nn1. The maximum Gasteiger partial charge on any atom is 0.233 e. The summed E-state index contributed by atoms with van der Waals surface area (Å²) in [6.45, 7) is 5.92. The second-order valence-corrected chi connectivity index (χ2v) is 12.3. The first-order valence-corrected chi connectivity index (χ1v) is 13.3. The lowest BCUT2D eigenvalue weighted by molar-refractivity contribution is -0.0677. The van der Waals surface area contributed by atoms with E-state index >= 15 is 0 Å². The van der Waals surface area contributed by atoms with Crippen molar-refractivity contribution in [2.75, 3.05) is 19.6 Å². The topological polar surface area (TPSA) is 56.1 Å². The van der Waals surface area contributed by atoms with Crippen LogP contribution in [0.3, 0.4) is 0 Å². The van der Waals surface area contributed by atoms with Gasteiger partial charge in [-0.05, 0) is 99.0 Å². The van der Waals surface area contributed by atoms with Crippen molar-refractivity contribution in [3.05, 3.63) is 23.9 Å². The number of ether oxygens (including phenoxy) is 1. The van der Waals surface area contributed by atoms with Crippen LogP contribution in [-0.4, -0.2) is 50.6 Å². The second kappa shape index (κ2) is 7.53. The van der Waals surface area contributed by atoms with Crippen LogP contribution in [0.2, 0.25) is 0 Å². The van der Waals surface area contributed by atoms with Gasteiger partial charge in [0.15, 0.2) is 0 Å². The molecule has 8 rings (SSSR count). The van der Waals surface area contributed by atoms with Crippen LogP contribution in [-0.2, 0) is 7.05 Å². The van der Waals surface area contributed by atoms with E-state index in [4.69, 9.17) is 4.74 Å². The van der Waals surface area contributed by atoms with Crippen LogP contribution in [0.1, 0.15) is 56.9 Å². The number of nitrogens with zero attached hydrogens (tertiary/aromatic N) is 5. The molecule has 3 atom stereocenters. The highest BCUT2D eigenvalue weighted by Crippen LogP contribution is 2.60. The molecule has 2 aromatic heterocycles. The summed E-state index contributed by atoms with van der Waals surface area (Å²) in [7, 11) is 1.95. The van der Waals surface area contributed by atoms with Gasteiger partial charge in [0, 0.05) is 38.7 Å². The summed E-state index contributed by atoms with van der Waals surface area (Å²) in [6, 6.07) is 4.01. The Kier molecular flexibility index (Phi) is 4.66. The second-order valence-electron chi connectivity index (χ2n) is 12.3. The van der Waals surface area contributed by atoms with E-state index in [1.807, 2.05) is 30.1 Å². The Bertz CT molecular complexity index is 975. The zero-order valence-electron chi connectivity index (χ0n) is 20.1. The van der Waals surface area contributed by atoms with E-state index in [-0.39, 0.29) is 6.10 Å². The van der Waals surface area contributed by atoms with Crippen molar-refractivity contribution < 1.29 is 4.74 Å². The Hall–Kier alpha value is -1.95. The molecule has 5 aliphatic carbocycles. The normalized spacial score (nSPS) is 39.3. The summed E-state index contributed by atoms with van der Waals surface area (Å²) in [4.78, 5) is 2.83. The number of aryl methyl sites for hydroxylation is 2. The quantitative estimate of drug-likeness (QED) is 0.676. The predicted octanol–water partition coefficient (Wildman–Crippen LogP) is 4.49. The Morgan fingerprint density at radius 3 is 2.39 bits per heavy atom. The zero-order valence-corrected chi connectivity index (χ0v) is 20.1. The first-order chi connectivity index (χ1) is 16.0. The van der Waals surface area contributed by atoms with E-state index in [9.17, 15) is 0 Å². The standard InChI is InChI=1S/C27H37N5O/c1-17-13-28-31(2)26(17)23-4-6-25(30-29-23)33-24-5-3-21-14-32(15-22(21)24)16-27-10-18-7-19(11-27)9-20(8-18)12-27/h4,6,13,18-22,24H,3,5,7-12,14-16H2,1-2H3. The van der Waals surface area contributed by atoms with Crippen LogP contribution in [0.25, 0.3) is 11.4 Å². The van der Waals surface area contributed by atoms with E-state index in [0.717, 1.165) is 47.0 Å². The van der Waals surface area contributed by atoms with E-state index in [2.05, 4.69) is 27.1 Å². The number of rotatable bonds is 5. The van der Waals surface area contributed by atoms with Crippen LogP contribution in [0.5, 0.6) is 5.88 Å². The average molecular weight is 448 g/mol. The van der Waals surface area contributed by atoms with Gasteiger partial charge in [-0.3, -0.25) is 4.68 Å². The molecule has 0 aromatic carbocycles. The minimum absolute atomic E-state index is 0.287. The molecule has 3 heterocycles. The number of hydrogen-bond donors (Lipinski definition) is 0. The number of aromatic nitrogens is 4. The molecule has 1 saturated heterocycles. The van der Waals surface area contributed by atoms with E-state index in [1.165, 1.54) is 45.3 Å². The molecule has 5 saturated carbocycles. The van der Waals surface area contributed by atoms with Gasteiger partial charge in [0.2, 0.25) is 5.88 Å². The zero-order chi connectivity index (χ0) is 22.2. The molecule has 4 bridgehead atoms. The molecule has 33 heavy (non-hydrogen) atoms. The van der Waals surface area contributed by atoms with Gasteiger partial charge in [0.1, 0.15) is 11.8 Å². The third kappa shape index (κ3) is 3.51. The van der Waals surface area contributed by atoms with Crippen molar-refractivity contribution >= 4 is 0 Å². The molecule has 3 unspecified atom stereocenters. The van der Waals surface area contributed by atoms with Crippen LogP contribution < -0.4 is 4.74 Å². The molecule has 6 heteroatoms. The van der Waals surface area contributed by atoms with Crippen LogP contribution in [0, 0.1) is 41.9 Å². The lowest BCUT2D eigenvalue weighted by atomic mass is 9.49. The molecule has 0 radical (unpaired) electrons. The summed E-state index contributed by atoms with van der Waals surface area (Å²) >= 11 is 0. The van der Waals surface area contributed by atoms with Gasteiger partial charge in [-0.15, -0.1) is 10.2 Å². The third-order valence-corrected chi connectivity index (χ3v) is 9.87. The van der Waals surface area contributed by atoms with E-state index < -0.39 is 0 Å². The summed E-state index contributed by atoms with van der Waals surface area (Å²) < 4.78 is 8.30. The Morgan fingerprint density at radius 1 is 1.00 bits per heavy atom. The van der Waals surface area contributed by atoms with Crippen molar-refractivity contribution in [2.45, 2.75) is 64.4 Å². The fourth-order valence-corrected chi connectivity index (χ4v) is 9.12. The Labute approximate surface area is 197 Å². The molecule has 0 N–H and O–H groups in total. The third-order valence-electron chi connectivity index (χ3n) is 9.87. The molecule has 2 aromatic rings. The lowest BCUT2D eigenvalue weighted by Gasteiger charge is -2.57. The highest BCUT2D eigenvalue weighted by Gasteiger charge is 2.53. The number of hydrogen-bond acceptors (Lipinski definition) is 5. The van der Waals surface area contributed by atoms with Gasteiger partial charge in [-0.2, -0.15) is 5.10 Å². The molecular weight excluding hydrogens is 410 g/mol. The Balaban J connectivity index is 1.01. The van der Waals surface area contributed by atoms with Gasteiger partial charge in [0.05, 0.1) is 11.9 Å². The van der Waals surface area contributed by atoms with Gasteiger partial charge in [-0.1, -0.05) is 0 Å². The van der Waals surface area contributed by atoms with Crippen LogP contribution >= 0.6 is 0 Å². The summed E-state index contributed by atoms with van der Waals surface area (Å²) in [5.74, 6) is 5.26. The summed E-state index contributed by atoms with van der Waals surface area (Å²) in [6.07, 6.45) is 13.8. The van der Waals surface area contributed by atoms with Gasteiger partial charge >= 0.3 is 0 Å². The maximum absolute atomic E-state index is 6.44. The van der Waals surface area contributed by atoms with Crippen LogP contribution in [0.15, 0.2) is 18.3 Å². The lowest BCUT2D eigenvalue weighted by Crippen LogP contribution is -2.51. The Morgan fingerprint density at radius 2 is 1.76 bits per heavy atom. The molecule has 6 fully saturated rings. The van der Waals surface area contributed by atoms with Crippen molar-refractivity contribution in [1.82, 2.24) is 24.9 Å². The number of fused-ring (bicyclic) bond motifs is 1. The first kappa shape index (κ1) is 20.4. The summed E-state index contributed by atoms with van der Waals surface area (Å²) in [5.41, 5.74) is 3.64. The van der Waals surface area contributed by atoms with E-state index in [1.54, 1.807) is 19.3 Å². The largest absolute Gasteiger partial charge is 0.473 e. The van der Waals surface area contributed by atoms with Crippen molar-refractivity contribution in [1.29, 1.82) is 0 Å². The highest BCUT2D eigenvalue weighted by atomic mass is 16.5. The fourth-order valence-electron chi connectivity index (χ4n) is 9.12. The summed E-state index contributed by atoms with van der Waals surface area (Å²) in [5, 5.41) is 13.2. The highest BCUT2D eigenvalue weighted by molar-refractivity contribution is 5.58. The number of likely N-dealkylation sites (tertiary alicyclic amines) is 1. The van der Waals surface area contributed by atoms with E-state index in [0.29, 0.717) is 17.2 Å². The van der Waals surface area contributed by atoms with Crippen molar-refractivity contribution in [3.63, 3.8) is 0 Å². The molecule has 6 nitrogen and oxygen atoms in total. The smallest absolute Gasteiger partial charge is 0.233 e. The monoisotopic (exact) mass is 447 g/mol. The van der Waals surface area contributed by atoms with Gasteiger partial charge < -0.3 is 9.64 Å².